The van der Waals surface area contributed by atoms with Gasteiger partial charge in [-0.1, -0.05) is 11.6 Å². The van der Waals surface area contributed by atoms with Gasteiger partial charge in [0.1, 0.15) is 0 Å². The molecule has 112 valence electrons. The molecule has 3 N–H and O–H groups in total. The summed E-state index contributed by atoms with van der Waals surface area (Å²) in [6.07, 6.45) is 2.82. The lowest BCUT2D eigenvalue weighted by atomic mass is 9.95. The van der Waals surface area contributed by atoms with Gasteiger partial charge in [-0.2, -0.15) is 0 Å². The second-order valence-corrected chi connectivity index (χ2v) is 6.48. The van der Waals surface area contributed by atoms with Gasteiger partial charge < -0.3 is 16.0 Å². The fraction of sp³-hybridized carbons (Fsp3) is 0.438. The molecule has 1 aromatic carbocycles. The number of aromatic nitrogens is 1. The summed E-state index contributed by atoms with van der Waals surface area (Å²) >= 11 is 6.26. The fourth-order valence-electron chi connectivity index (χ4n) is 3.23. The molecule has 1 aromatic heterocycles. The van der Waals surface area contributed by atoms with Gasteiger partial charge in [0.25, 0.3) is 0 Å². The molecule has 2 atom stereocenters. The first-order chi connectivity index (χ1) is 10.0. The maximum Gasteiger partial charge on any atom is 0.0948 e. The number of nitrogens with zero attached hydrogens (tertiary/aromatic N) is 2. The maximum atomic E-state index is 6.26. The topological polar surface area (TPSA) is 54.2 Å². The van der Waals surface area contributed by atoms with Crippen molar-refractivity contribution < 1.29 is 0 Å². The van der Waals surface area contributed by atoms with Crippen LogP contribution in [0.2, 0.25) is 5.02 Å². The minimum absolute atomic E-state index is 0.105. The number of halogens is 1. The van der Waals surface area contributed by atoms with Gasteiger partial charge in [0.2, 0.25) is 0 Å². The number of benzene rings is 1. The van der Waals surface area contributed by atoms with Crippen LogP contribution in [0.4, 0.5) is 5.69 Å². The largest absolute Gasteiger partial charge is 0.375 e. The summed E-state index contributed by atoms with van der Waals surface area (Å²) in [6, 6.07) is 8.34. The van der Waals surface area contributed by atoms with Crippen LogP contribution in [0.25, 0.3) is 10.9 Å². The van der Waals surface area contributed by atoms with Crippen molar-refractivity contribution in [2.45, 2.75) is 24.9 Å². The standard InChI is InChI=1S/C16H21ClN4/c1-11-8-16(9-18,10-21(11)2)20-14-6-5-13(17)12-4-3-7-19-15(12)14/h3-7,11,20H,8-10,18H2,1-2H3. The van der Waals surface area contributed by atoms with Crippen molar-refractivity contribution in [3.05, 3.63) is 35.5 Å². The number of nitrogens with two attached hydrogens (primary N) is 1. The van der Waals surface area contributed by atoms with Crippen LogP contribution < -0.4 is 11.1 Å². The Hall–Kier alpha value is -1.36. The monoisotopic (exact) mass is 304 g/mol. The molecule has 1 aliphatic rings. The van der Waals surface area contributed by atoms with Crippen LogP contribution in [0, 0.1) is 0 Å². The van der Waals surface area contributed by atoms with E-state index in [1.165, 1.54) is 0 Å². The lowest BCUT2D eigenvalue weighted by molar-refractivity contribution is 0.323. The number of pyridine rings is 1. The maximum absolute atomic E-state index is 6.26. The molecule has 2 heterocycles. The Bertz CT molecular complexity index is 648. The summed E-state index contributed by atoms with van der Waals surface area (Å²) in [6.45, 7) is 3.76. The van der Waals surface area contributed by atoms with Gasteiger partial charge in [0, 0.05) is 30.7 Å². The van der Waals surface area contributed by atoms with Gasteiger partial charge in [-0.05, 0) is 44.7 Å². The van der Waals surface area contributed by atoms with E-state index in [0.29, 0.717) is 12.6 Å². The Labute approximate surface area is 130 Å². The van der Waals surface area contributed by atoms with Crippen molar-refractivity contribution in [3.63, 3.8) is 0 Å². The molecular formula is C16H21ClN4. The van der Waals surface area contributed by atoms with Crippen molar-refractivity contribution >= 4 is 28.2 Å². The molecule has 3 rings (SSSR count). The zero-order valence-electron chi connectivity index (χ0n) is 12.4. The third-order valence-electron chi connectivity index (χ3n) is 4.50. The summed E-state index contributed by atoms with van der Waals surface area (Å²) in [5.74, 6) is 0. The van der Waals surface area contributed by atoms with Crippen LogP contribution in [0.15, 0.2) is 30.5 Å². The van der Waals surface area contributed by atoms with Crippen molar-refractivity contribution in [3.8, 4) is 0 Å². The van der Waals surface area contributed by atoms with Gasteiger partial charge in [0.05, 0.1) is 21.8 Å². The molecule has 5 heteroatoms. The van der Waals surface area contributed by atoms with E-state index >= 15 is 0 Å². The number of nitrogens with one attached hydrogen (secondary N) is 1. The predicted octanol–water partition coefficient (Wildman–Crippen LogP) is 2.72. The van der Waals surface area contributed by atoms with Crippen molar-refractivity contribution in [1.29, 1.82) is 0 Å². The van der Waals surface area contributed by atoms with Gasteiger partial charge in [0.15, 0.2) is 0 Å². The molecule has 0 radical (unpaired) electrons. The van der Waals surface area contributed by atoms with Crippen LogP contribution in [-0.2, 0) is 0 Å². The van der Waals surface area contributed by atoms with Crippen LogP contribution in [0.5, 0.6) is 0 Å². The molecule has 0 aliphatic carbocycles. The van der Waals surface area contributed by atoms with Crippen LogP contribution in [-0.4, -0.2) is 41.6 Å². The quantitative estimate of drug-likeness (QED) is 0.915. The van der Waals surface area contributed by atoms with E-state index in [0.717, 1.165) is 34.6 Å². The van der Waals surface area contributed by atoms with E-state index in [1.54, 1.807) is 6.20 Å². The smallest absolute Gasteiger partial charge is 0.0948 e. The second-order valence-electron chi connectivity index (χ2n) is 6.07. The first-order valence-electron chi connectivity index (χ1n) is 7.26. The summed E-state index contributed by atoms with van der Waals surface area (Å²) in [5, 5.41) is 5.34. The molecule has 1 saturated heterocycles. The highest BCUT2D eigenvalue weighted by Crippen LogP contribution is 2.33. The van der Waals surface area contributed by atoms with Gasteiger partial charge in [-0.25, -0.2) is 0 Å². The first kappa shape index (κ1) is 14.6. The van der Waals surface area contributed by atoms with Gasteiger partial charge in [-0.3, -0.25) is 4.98 Å². The zero-order valence-corrected chi connectivity index (χ0v) is 13.2. The SMILES string of the molecule is CC1CC(CN)(Nc2ccc(Cl)c3cccnc23)CN1C. The number of anilines is 1. The van der Waals surface area contributed by atoms with E-state index < -0.39 is 0 Å². The molecule has 0 bridgehead atoms. The minimum Gasteiger partial charge on any atom is -0.375 e. The van der Waals surface area contributed by atoms with E-state index in [-0.39, 0.29) is 5.54 Å². The predicted molar refractivity (Wildman–Crippen MR) is 88.9 cm³/mol. The summed E-state index contributed by atoms with van der Waals surface area (Å²) in [5.41, 5.74) is 7.88. The van der Waals surface area contributed by atoms with Gasteiger partial charge >= 0.3 is 0 Å². The van der Waals surface area contributed by atoms with E-state index in [4.69, 9.17) is 17.3 Å². The number of hydrogen-bond acceptors (Lipinski definition) is 4. The molecule has 0 spiro atoms. The molecule has 0 amide bonds. The first-order valence-corrected chi connectivity index (χ1v) is 7.64. The molecule has 1 aliphatic heterocycles. The minimum atomic E-state index is -0.105. The van der Waals surface area contributed by atoms with Gasteiger partial charge in [-0.15, -0.1) is 0 Å². The highest BCUT2D eigenvalue weighted by molar-refractivity contribution is 6.35. The number of likely N-dealkylation sites (N-methyl/N-ethyl adjacent to an activating group) is 1. The molecule has 21 heavy (non-hydrogen) atoms. The molecule has 2 unspecified atom stereocenters. The fourth-order valence-corrected chi connectivity index (χ4v) is 3.45. The molecular weight excluding hydrogens is 284 g/mol. The average molecular weight is 305 g/mol. The lowest BCUT2D eigenvalue weighted by Crippen LogP contribution is -2.47. The highest BCUT2D eigenvalue weighted by atomic mass is 35.5. The zero-order chi connectivity index (χ0) is 15.0. The van der Waals surface area contributed by atoms with Crippen LogP contribution in [0.3, 0.4) is 0 Å². The molecule has 0 saturated carbocycles. The van der Waals surface area contributed by atoms with E-state index in [9.17, 15) is 0 Å². The number of likely N-dealkylation sites (tertiary alicyclic amines) is 1. The molecule has 1 fully saturated rings. The van der Waals surface area contributed by atoms with Crippen LogP contribution >= 0.6 is 11.6 Å². The van der Waals surface area contributed by atoms with Crippen molar-refractivity contribution in [2.24, 2.45) is 5.73 Å². The molecule has 4 nitrogen and oxygen atoms in total. The lowest BCUT2D eigenvalue weighted by Gasteiger charge is -2.30. The van der Waals surface area contributed by atoms with Crippen molar-refractivity contribution in [1.82, 2.24) is 9.88 Å². The Morgan fingerprint density at radius 3 is 2.95 bits per heavy atom. The second kappa shape index (κ2) is 5.44. The summed E-state index contributed by atoms with van der Waals surface area (Å²) in [7, 11) is 2.14. The van der Waals surface area contributed by atoms with E-state index in [1.807, 2.05) is 24.3 Å². The third kappa shape index (κ3) is 2.59. The third-order valence-corrected chi connectivity index (χ3v) is 4.83. The summed E-state index contributed by atoms with van der Waals surface area (Å²) < 4.78 is 0. The number of hydrogen-bond donors (Lipinski definition) is 2. The van der Waals surface area contributed by atoms with Crippen LogP contribution in [0.1, 0.15) is 13.3 Å². The number of fused-ring (bicyclic) bond motifs is 1. The Balaban J connectivity index is 2.00. The Kier molecular flexibility index (Phi) is 3.78. The van der Waals surface area contributed by atoms with E-state index in [2.05, 4.69) is 29.2 Å². The normalized spacial score (nSPS) is 26.4. The Morgan fingerprint density at radius 2 is 2.29 bits per heavy atom. The highest BCUT2D eigenvalue weighted by Gasteiger charge is 2.39. The summed E-state index contributed by atoms with van der Waals surface area (Å²) in [4.78, 5) is 6.82. The van der Waals surface area contributed by atoms with Crippen molar-refractivity contribution in [2.75, 3.05) is 25.5 Å². The molecule has 2 aromatic rings. The average Bonchev–Trinajstić information content (AvgIpc) is 2.78. The number of rotatable bonds is 3. The Morgan fingerprint density at radius 1 is 1.48 bits per heavy atom.